The average Bonchev–Trinajstić information content (AvgIpc) is 2.79. The minimum absolute atomic E-state index is 0.135. The molecule has 2 amide bonds. The molecule has 2 aromatic carbocycles. The van der Waals surface area contributed by atoms with E-state index in [0.29, 0.717) is 25.1 Å². The Morgan fingerprint density at radius 3 is 2.24 bits per heavy atom. The molecule has 0 saturated carbocycles. The first-order chi connectivity index (χ1) is 16.0. The van der Waals surface area contributed by atoms with Gasteiger partial charge in [-0.15, -0.1) is 0 Å². The topological polar surface area (TPSA) is 86.8 Å². The summed E-state index contributed by atoms with van der Waals surface area (Å²) < 4.78 is 26.4. The number of nitrogens with one attached hydrogen (secondary N) is 1. The molecule has 0 aliphatic rings. The Balaban J connectivity index is 2.21. The Kier molecular flexibility index (Phi) is 9.67. The molecule has 8 heteroatoms. The maximum atomic E-state index is 13.3. The highest BCUT2D eigenvalue weighted by Gasteiger charge is 2.28. The fraction of sp³-hybridized carbons (Fsp3) is 0.462. The van der Waals surface area contributed by atoms with Crippen molar-refractivity contribution < 1.29 is 18.0 Å². The van der Waals surface area contributed by atoms with Gasteiger partial charge in [0.25, 0.3) is 0 Å². The molecular formula is C26H37N3O4S. The number of amides is 2. The summed E-state index contributed by atoms with van der Waals surface area (Å²) in [5.74, 6) is -0.387. The number of anilines is 1. The second-order valence-corrected chi connectivity index (χ2v) is 10.6. The largest absolute Gasteiger partial charge is 0.357 e. The van der Waals surface area contributed by atoms with E-state index in [1.54, 1.807) is 18.0 Å². The van der Waals surface area contributed by atoms with Crippen molar-refractivity contribution in [3.8, 4) is 0 Å². The molecule has 0 saturated heterocycles. The minimum Gasteiger partial charge on any atom is -0.357 e. The van der Waals surface area contributed by atoms with Crippen molar-refractivity contribution >= 4 is 27.5 Å². The van der Waals surface area contributed by atoms with Crippen molar-refractivity contribution in [3.05, 3.63) is 64.7 Å². The van der Waals surface area contributed by atoms with Crippen LogP contribution in [-0.2, 0) is 26.2 Å². The van der Waals surface area contributed by atoms with E-state index in [1.807, 2.05) is 64.1 Å². The first kappa shape index (κ1) is 27.4. The zero-order chi connectivity index (χ0) is 25.5. The first-order valence-corrected chi connectivity index (χ1v) is 13.4. The minimum atomic E-state index is -3.52. The number of sulfonamides is 1. The van der Waals surface area contributed by atoms with E-state index in [4.69, 9.17) is 0 Å². The van der Waals surface area contributed by atoms with Crippen molar-refractivity contribution in [3.63, 3.8) is 0 Å². The van der Waals surface area contributed by atoms with Gasteiger partial charge in [0.15, 0.2) is 0 Å². The summed E-state index contributed by atoms with van der Waals surface area (Å²) in [4.78, 5) is 27.4. The predicted molar refractivity (Wildman–Crippen MR) is 137 cm³/mol. The summed E-state index contributed by atoms with van der Waals surface area (Å²) in [6, 6.07) is 12.8. The number of nitrogens with zero attached hydrogens (tertiary/aromatic N) is 2. The van der Waals surface area contributed by atoms with Crippen LogP contribution in [0.2, 0.25) is 0 Å². The van der Waals surface area contributed by atoms with Crippen molar-refractivity contribution in [2.24, 2.45) is 0 Å². The van der Waals surface area contributed by atoms with E-state index in [1.165, 1.54) is 10.6 Å². The van der Waals surface area contributed by atoms with Gasteiger partial charge in [-0.25, -0.2) is 8.42 Å². The second-order valence-electron chi connectivity index (χ2n) is 8.70. The van der Waals surface area contributed by atoms with E-state index >= 15 is 0 Å². The van der Waals surface area contributed by atoms with E-state index in [2.05, 4.69) is 5.32 Å². The van der Waals surface area contributed by atoms with Gasteiger partial charge in [-0.05, 0) is 56.4 Å². The van der Waals surface area contributed by atoms with Gasteiger partial charge in [0, 0.05) is 26.6 Å². The molecule has 0 radical (unpaired) electrons. The van der Waals surface area contributed by atoms with Gasteiger partial charge in [-0.1, -0.05) is 48.9 Å². The summed E-state index contributed by atoms with van der Waals surface area (Å²) in [7, 11) is -1.96. The summed E-state index contributed by atoms with van der Waals surface area (Å²) >= 11 is 0. The Morgan fingerprint density at radius 1 is 1.03 bits per heavy atom. The van der Waals surface area contributed by atoms with E-state index in [9.17, 15) is 18.0 Å². The summed E-state index contributed by atoms with van der Waals surface area (Å²) in [6.07, 6.45) is 2.14. The van der Waals surface area contributed by atoms with Gasteiger partial charge in [0.05, 0.1) is 11.9 Å². The molecule has 0 unspecified atom stereocenters. The zero-order valence-electron chi connectivity index (χ0n) is 21.1. The highest BCUT2D eigenvalue weighted by Crippen LogP contribution is 2.25. The molecule has 186 valence electrons. The van der Waals surface area contributed by atoms with Gasteiger partial charge in [-0.3, -0.25) is 13.9 Å². The smallest absolute Gasteiger partial charge is 0.242 e. The maximum absolute atomic E-state index is 13.3. The second kappa shape index (κ2) is 12.0. The maximum Gasteiger partial charge on any atom is 0.242 e. The van der Waals surface area contributed by atoms with Gasteiger partial charge < -0.3 is 10.2 Å². The quantitative estimate of drug-likeness (QED) is 0.523. The highest BCUT2D eigenvalue weighted by molar-refractivity contribution is 7.92. The highest BCUT2D eigenvalue weighted by atomic mass is 32.2. The molecule has 1 atom stereocenters. The molecule has 2 aromatic rings. The lowest BCUT2D eigenvalue weighted by Gasteiger charge is -2.31. The van der Waals surface area contributed by atoms with Gasteiger partial charge >= 0.3 is 0 Å². The van der Waals surface area contributed by atoms with Crippen molar-refractivity contribution in [2.75, 3.05) is 24.2 Å². The zero-order valence-corrected chi connectivity index (χ0v) is 21.9. The number of benzene rings is 2. The first-order valence-electron chi connectivity index (χ1n) is 11.6. The van der Waals surface area contributed by atoms with Crippen LogP contribution >= 0.6 is 0 Å². The molecule has 0 aromatic heterocycles. The monoisotopic (exact) mass is 487 g/mol. The normalized spacial score (nSPS) is 12.2. The molecule has 0 bridgehead atoms. The van der Waals surface area contributed by atoms with Crippen LogP contribution in [0, 0.1) is 20.8 Å². The number of hydrogen-bond acceptors (Lipinski definition) is 4. The van der Waals surface area contributed by atoms with Crippen molar-refractivity contribution in [1.29, 1.82) is 0 Å². The molecule has 7 nitrogen and oxygen atoms in total. The number of carbonyl (C=O) groups is 2. The number of hydrogen-bond donors (Lipinski definition) is 1. The van der Waals surface area contributed by atoms with Crippen LogP contribution in [0.5, 0.6) is 0 Å². The lowest BCUT2D eigenvalue weighted by Crippen LogP contribution is -2.48. The molecule has 34 heavy (non-hydrogen) atoms. The standard InChI is InChI=1S/C26H37N3O4S/c1-7-23(26(31)27-5)28(18-22-15-13-19(2)14-16-22)25(30)12-9-17-29(34(6,32)33)24-11-8-10-20(3)21(24)4/h8,10-11,13-16,23H,7,9,12,17-18H2,1-6H3,(H,27,31)/t23-/m1/s1. The molecule has 0 aliphatic carbocycles. The third-order valence-corrected chi connectivity index (χ3v) is 7.28. The molecule has 1 N–H and O–H groups in total. The molecule has 0 aliphatic heterocycles. The van der Waals surface area contributed by atoms with Crippen LogP contribution in [0.15, 0.2) is 42.5 Å². The SMILES string of the molecule is CC[C@H](C(=O)NC)N(Cc1ccc(C)cc1)C(=O)CCCN(c1cccc(C)c1C)S(C)(=O)=O. The molecule has 2 rings (SSSR count). The van der Waals surface area contributed by atoms with Crippen LogP contribution in [0.3, 0.4) is 0 Å². The molecule has 0 fully saturated rings. The lowest BCUT2D eigenvalue weighted by atomic mass is 10.1. The van der Waals surface area contributed by atoms with E-state index in [0.717, 1.165) is 22.3 Å². The summed E-state index contributed by atoms with van der Waals surface area (Å²) in [5.41, 5.74) is 4.58. The fourth-order valence-corrected chi connectivity index (χ4v) is 4.98. The van der Waals surface area contributed by atoms with E-state index < -0.39 is 16.1 Å². The Hall–Kier alpha value is -2.87. The Morgan fingerprint density at radius 2 is 1.68 bits per heavy atom. The molecular weight excluding hydrogens is 450 g/mol. The van der Waals surface area contributed by atoms with Gasteiger partial charge in [0.2, 0.25) is 21.8 Å². The van der Waals surface area contributed by atoms with Crippen LogP contribution in [0.1, 0.15) is 48.4 Å². The van der Waals surface area contributed by atoms with Crippen molar-refractivity contribution in [1.82, 2.24) is 10.2 Å². The lowest BCUT2D eigenvalue weighted by molar-refractivity contribution is -0.141. The number of likely N-dealkylation sites (N-methyl/N-ethyl adjacent to an activating group) is 1. The third kappa shape index (κ3) is 7.06. The molecule has 0 heterocycles. The number of aryl methyl sites for hydroxylation is 2. The number of carbonyl (C=O) groups excluding carboxylic acids is 2. The predicted octanol–water partition coefficient (Wildman–Crippen LogP) is 3.71. The third-order valence-electron chi connectivity index (χ3n) is 6.10. The van der Waals surface area contributed by atoms with Gasteiger partial charge in [0.1, 0.15) is 6.04 Å². The Bertz CT molecular complexity index is 1100. The van der Waals surface area contributed by atoms with Crippen LogP contribution in [-0.4, -0.2) is 51.0 Å². The fourth-order valence-electron chi connectivity index (χ4n) is 3.96. The van der Waals surface area contributed by atoms with Gasteiger partial charge in [-0.2, -0.15) is 0 Å². The average molecular weight is 488 g/mol. The van der Waals surface area contributed by atoms with Crippen LogP contribution in [0.25, 0.3) is 0 Å². The summed E-state index contributed by atoms with van der Waals surface area (Å²) in [5, 5.41) is 2.65. The van der Waals surface area contributed by atoms with Crippen molar-refractivity contribution in [2.45, 2.75) is 59.5 Å². The molecule has 0 spiro atoms. The van der Waals surface area contributed by atoms with Crippen LogP contribution < -0.4 is 9.62 Å². The van der Waals surface area contributed by atoms with Crippen LogP contribution in [0.4, 0.5) is 5.69 Å². The number of rotatable bonds is 11. The Labute approximate surface area is 204 Å². The summed E-state index contributed by atoms with van der Waals surface area (Å²) in [6.45, 7) is 8.21. The van der Waals surface area contributed by atoms with E-state index in [-0.39, 0.29) is 24.8 Å².